The number of carbonyl (C=O) groups excluding carboxylic acids is 1. The van der Waals surface area contributed by atoms with Gasteiger partial charge in [0.15, 0.2) is 5.78 Å². The first kappa shape index (κ1) is 17.9. The molecule has 0 fully saturated rings. The minimum absolute atomic E-state index is 0.0452. The molecule has 0 aliphatic rings. The van der Waals surface area contributed by atoms with Gasteiger partial charge in [-0.05, 0) is 31.2 Å². The van der Waals surface area contributed by atoms with Gasteiger partial charge in [-0.2, -0.15) is 0 Å². The van der Waals surface area contributed by atoms with Gasteiger partial charge in [-0.3, -0.25) is 14.9 Å². The van der Waals surface area contributed by atoms with Crippen LogP contribution in [0.15, 0.2) is 54.9 Å². The van der Waals surface area contributed by atoms with E-state index in [1.807, 2.05) is 0 Å². The van der Waals surface area contributed by atoms with Crippen molar-refractivity contribution in [2.75, 3.05) is 10.6 Å². The fourth-order valence-electron chi connectivity index (χ4n) is 2.38. The summed E-state index contributed by atoms with van der Waals surface area (Å²) in [5.41, 5.74) is 0.487. The van der Waals surface area contributed by atoms with E-state index < -0.39 is 16.4 Å². The van der Waals surface area contributed by atoms with Crippen LogP contribution in [-0.2, 0) is 0 Å². The van der Waals surface area contributed by atoms with Crippen molar-refractivity contribution < 1.29 is 14.1 Å². The molecule has 3 rings (SSSR count). The van der Waals surface area contributed by atoms with E-state index in [1.165, 1.54) is 25.1 Å². The van der Waals surface area contributed by atoms with Crippen molar-refractivity contribution in [3.63, 3.8) is 0 Å². The summed E-state index contributed by atoms with van der Waals surface area (Å²) in [5.74, 6) is -0.966. The molecule has 0 atom stereocenters. The second-order valence-corrected chi connectivity index (χ2v) is 5.54. The second kappa shape index (κ2) is 7.56. The topological polar surface area (TPSA) is 110 Å². The number of para-hydroxylation sites is 1. The van der Waals surface area contributed by atoms with Gasteiger partial charge < -0.3 is 10.6 Å². The monoisotopic (exact) mass is 367 g/mol. The molecule has 0 aliphatic heterocycles. The van der Waals surface area contributed by atoms with Crippen molar-refractivity contribution in [3.8, 4) is 0 Å². The molecule has 0 unspecified atom stereocenters. The Labute approximate surface area is 153 Å². The molecule has 0 aliphatic carbocycles. The van der Waals surface area contributed by atoms with Crippen LogP contribution >= 0.6 is 0 Å². The van der Waals surface area contributed by atoms with Gasteiger partial charge in [0.25, 0.3) is 0 Å². The summed E-state index contributed by atoms with van der Waals surface area (Å²) in [6.07, 6.45) is 1.12. The molecular weight excluding hydrogens is 353 g/mol. The van der Waals surface area contributed by atoms with Gasteiger partial charge >= 0.3 is 5.69 Å². The van der Waals surface area contributed by atoms with Crippen molar-refractivity contribution in [2.45, 2.75) is 6.92 Å². The van der Waals surface area contributed by atoms with Crippen LogP contribution in [0.5, 0.6) is 0 Å². The number of rotatable bonds is 6. The lowest BCUT2D eigenvalue weighted by Gasteiger charge is -2.11. The largest absolute Gasteiger partial charge is 0.353 e. The second-order valence-electron chi connectivity index (χ2n) is 5.54. The molecule has 0 spiro atoms. The van der Waals surface area contributed by atoms with Gasteiger partial charge in [-0.15, -0.1) is 0 Å². The van der Waals surface area contributed by atoms with E-state index in [9.17, 15) is 19.3 Å². The molecule has 9 heteroatoms. The summed E-state index contributed by atoms with van der Waals surface area (Å²) < 4.78 is 13.9. The summed E-state index contributed by atoms with van der Waals surface area (Å²) in [6.45, 7) is 1.42. The molecule has 1 heterocycles. The highest BCUT2D eigenvalue weighted by Gasteiger charge is 2.24. The molecule has 0 amide bonds. The summed E-state index contributed by atoms with van der Waals surface area (Å²) in [4.78, 5) is 30.2. The maximum atomic E-state index is 13.9. The number of benzene rings is 2. The Hall–Kier alpha value is -3.88. The standard InChI is InChI=1S/C18H14FN5O3/c1-11(25)12-5-4-6-13(9-12)22-17-16(24(26)27)18(21-10-20-17)23-15-8-3-2-7-14(15)19/h2-10H,1H3,(H2,20,21,22,23). The van der Waals surface area contributed by atoms with Crippen molar-refractivity contribution in [1.29, 1.82) is 0 Å². The van der Waals surface area contributed by atoms with Gasteiger partial charge in [0.05, 0.1) is 10.6 Å². The molecule has 8 nitrogen and oxygen atoms in total. The summed E-state index contributed by atoms with van der Waals surface area (Å²) in [7, 11) is 0. The highest BCUT2D eigenvalue weighted by Crippen LogP contribution is 2.33. The van der Waals surface area contributed by atoms with Crippen LogP contribution < -0.4 is 10.6 Å². The number of aromatic nitrogens is 2. The Morgan fingerprint density at radius 1 is 1.07 bits per heavy atom. The lowest BCUT2D eigenvalue weighted by atomic mass is 10.1. The average molecular weight is 367 g/mol. The van der Waals surface area contributed by atoms with E-state index >= 15 is 0 Å². The molecule has 2 N–H and O–H groups in total. The van der Waals surface area contributed by atoms with Gasteiger partial charge in [0.1, 0.15) is 12.1 Å². The Balaban J connectivity index is 1.99. The van der Waals surface area contributed by atoms with Crippen LogP contribution in [-0.4, -0.2) is 20.7 Å². The van der Waals surface area contributed by atoms with Gasteiger partial charge in [-0.1, -0.05) is 24.3 Å². The number of nitrogens with zero attached hydrogens (tertiary/aromatic N) is 3. The zero-order chi connectivity index (χ0) is 19.4. The van der Waals surface area contributed by atoms with E-state index in [2.05, 4.69) is 20.6 Å². The van der Waals surface area contributed by atoms with E-state index in [1.54, 1.807) is 30.3 Å². The quantitative estimate of drug-likeness (QED) is 0.381. The number of hydrogen-bond acceptors (Lipinski definition) is 7. The maximum absolute atomic E-state index is 13.9. The molecule has 0 saturated heterocycles. The molecular formula is C18H14FN5O3. The summed E-state index contributed by atoms with van der Waals surface area (Å²) in [6, 6.07) is 12.2. The first-order chi connectivity index (χ1) is 13.0. The zero-order valence-electron chi connectivity index (χ0n) is 14.1. The van der Waals surface area contributed by atoms with Crippen LogP contribution in [0.2, 0.25) is 0 Å². The normalized spacial score (nSPS) is 10.3. The van der Waals surface area contributed by atoms with Crippen LogP contribution in [0.3, 0.4) is 0 Å². The Morgan fingerprint density at radius 2 is 1.78 bits per heavy atom. The Bertz CT molecular complexity index is 1030. The Kier molecular flexibility index (Phi) is 5.02. The van der Waals surface area contributed by atoms with Crippen LogP contribution in [0.4, 0.5) is 33.1 Å². The van der Waals surface area contributed by atoms with Crippen molar-refractivity contribution in [3.05, 3.63) is 76.4 Å². The number of carbonyl (C=O) groups is 1. The fraction of sp³-hybridized carbons (Fsp3) is 0.0556. The lowest BCUT2D eigenvalue weighted by Crippen LogP contribution is -2.06. The predicted octanol–water partition coefficient (Wildman–Crippen LogP) is 4.21. The first-order valence-corrected chi connectivity index (χ1v) is 7.84. The van der Waals surface area contributed by atoms with Crippen LogP contribution in [0, 0.1) is 15.9 Å². The molecule has 27 heavy (non-hydrogen) atoms. The molecule has 2 aromatic carbocycles. The van der Waals surface area contributed by atoms with E-state index in [4.69, 9.17) is 0 Å². The zero-order valence-corrected chi connectivity index (χ0v) is 14.1. The van der Waals surface area contributed by atoms with E-state index in [-0.39, 0.29) is 23.1 Å². The smallest absolute Gasteiger partial charge is 0.334 e. The van der Waals surface area contributed by atoms with E-state index in [0.29, 0.717) is 11.3 Å². The number of halogens is 1. The van der Waals surface area contributed by atoms with Crippen LogP contribution in [0.25, 0.3) is 0 Å². The minimum atomic E-state index is -0.666. The minimum Gasteiger partial charge on any atom is -0.334 e. The first-order valence-electron chi connectivity index (χ1n) is 7.84. The van der Waals surface area contributed by atoms with Gasteiger partial charge in [0, 0.05) is 11.3 Å². The fourth-order valence-corrected chi connectivity index (χ4v) is 2.38. The van der Waals surface area contributed by atoms with Crippen LogP contribution in [0.1, 0.15) is 17.3 Å². The number of anilines is 4. The molecule has 136 valence electrons. The van der Waals surface area contributed by atoms with Gasteiger partial charge in [0.2, 0.25) is 11.6 Å². The molecule has 0 bridgehead atoms. The van der Waals surface area contributed by atoms with Crippen molar-refractivity contribution in [2.24, 2.45) is 0 Å². The third-order valence-electron chi connectivity index (χ3n) is 3.66. The maximum Gasteiger partial charge on any atom is 0.353 e. The predicted molar refractivity (Wildman–Crippen MR) is 98.1 cm³/mol. The summed E-state index contributed by atoms with van der Waals surface area (Å²) in [5, 5.41) is 17.0. The number of hydrogen-bond donors (Lipinski definition) is 2. The Morgan fingerprint density at radius 3 is 2.44 bits per heavy atom. The summed E-state index contributed by atoms with van der Waals surface area (Å²) >= 11 is 0. The number of ketones is 1. The number of Topliss-reactive ketones (excluding diaryl/α,β-unsaturated/α-hetero) is 1. The SMILES string of the molecule is CC(=O)c1cccc(Nc2ncnc(Nc3ccccc3F)c2[N+](=O)[O-])c1. The third kappa shape index (κ3) is 4.03. The van der Waals surface area contributed by atoms with Crippen molar-refractivity contribution in [1.82, 2.24) is 9.97 Å². The molecule has 3 aromatic rings. The third-order valence-corrected chi connectivity index (χ3v) is 3.66. The lowest BCUT2D eigenvalue weighted by molar-refractivity contribution is -0.383. The number of nitrogens with one attached hydrogen (secondary N) is 2. The molecule has 0 radical (unpaired) electrons. The molecule has 1 aromatic heterocycles. The van der Waals surface area contributed by atoms with Gasteiger partial charge in [-0.25, -0.2) is 14.4 Å². The van der Waals surface area contributed by atoms with Crippen molar-refractivity contribution >= 4 is 34.5 Å². The average Bonchev–Trinajstić information content (AvgIpc) is 2.64. The molecule has 0 saturated carbocycles. The highest BCUT2D eigenvalue weighted by molar-refractivity contribution is 5.95. The van der Waals surface area contributed by atoms with E-state index in [0.717, 1.165) is 6.33 Å². The highest BCUT2D eigenvalue weighted by atomic mass is 19.1. The number of nitro groups is 1.